The van der Waals surface area contributed by atoms with Crippen LogP contribution in [0, 0.1) is 5.92 Å². The van der Waals surface area contributed by atoms with Crippen LogP contribution in [0.15, 0.2) is 0 Å². The molecule has 0 unspecified atom stereocenters. The zero-order valence-corrected chi connectivity index (χ0v) is 9.04. The molecule has 1 fully saturated rings. The Balaban J connectivity index is 2.17. The Hall–Kier alpha value is -0.570. The van der Waals surface area contributed by atoms with Gasteiger partial charge in [-0.05, 0) is 31.6 Å². The number of unbranched alkanes of at least 4 members (excludes halogenated alkanes) is 1. The van der Waals surface area contributed by atoms with E-state index >= 15 is 0 Å². The van der Waals surface area contributed by atoms with Crippen molar-refractivity contribution in [2.75, 3.05) is 19.7 Å². The van der Waals surface area contributed by atoms with Crippen molar-refractivity contribution in [3.05, 3.63) is 0 Å². The first kappa shape index (κ1) is 11.5. The highest BCUT2D eigenvalue weighted by atomic mass is 16.3. The second-order valence-corrected chi connectivity index (χ2v) is 4.24. The Labute approximate surface area is 86.1 Å². The van der Waals surface area contributed by atoms with E-state index < -0.39 is 0 Å². The summed E-state index contributed by atoms with van der Waals surface area (Å²) in [6, 6.07) is 0. The largest absolute Gasteiger partial charge is 0.396 e. The van der Waals surface area contributed by atoms with E-state index in [2.05, 4.69) is 6.92 Å². The van der Waals surface area contributed by atoms with Gasteiger partial charge in [-0.15, -0.1) is 0 Å². The third-order valence-corrected chi connectivity index (χ3v) is 2.94. The maximum atomic E-state index is 11.6. The van der Waals surface area contributed by atoms with E-state index in [0.29, 0.717) is 6.42 Å². The standard InChI is InChI=1S/C11H21NO2/c1-10-5-7-12(8-6-10)11(14)4-2-3-9-13/h10,13H,2-9H2,1H3. The molecule has 82 valence electrons. The quantitative estimate of drug-likeness (QED) is 0.695. The number of aliphatic hydroxyl groups excluding tert-OH is 1. The maximum Gasteiger partial charge on any atom is 0.222 e. The molecule has 1 aliphatic rings. The van der Waals surface area contributed by atoms with Gasteiger partial charge < -0.3 is 10.0 Å². The molecule has 0 atom stereocenters. The number of aliphatic hydroxyl groups is 1. The molecule has 1 rings (SSSR count). The highest BCUT2D eigenvalue weighted by Gasteiger charge is 2.19. The Bertz CT molecular complexity index is 174. The van der Waals surface area contributed by atoms with Crippen LogP contribution in [-0.4, -0.2) is 35.6 Å². The van der Waals surface area contributed by atoms with Crippen LogP contribution in [0.3, 0.4) is 0 Å². The predicted octanol–water partition coefficient (Wildman–Crippen LogP) is 1.41. The van der Waals surface area contributed by atoms with Crippen LogP contribution in [0.5, 0.6) is 0 Å². The fourth-order valence-corrected chi connectivity index (χ4v) is 1.80. The summed E-state index contributed by atoms with van der Waals surface area (Å²) in [5, 5.41) is 8.60. The number of carbonyl (C=O) groups is 1. The molecule has 1 aliphatic heterocycles. The van der Waals surface area contributed by atoms with E-state index in [1.165, 1.54) is 0 Å². The Morgan fingerprint density at radius 1 is 1.36 bits per heavy atom. The molecular formula is C11H21NO2. The Morgan fingerprint density at radius 2 is 2.00 bits per heavy atom. The van der Waals surface area contributed by atoms with E-state index in [1.54, 1.807) is 0 Å². The van der Waals surface area contributed by atoms with Crippen molar-refractivity contribution in [1.29, 1.82) is 0 Å². The van der Waals surface area contributed by atoms with Crippen LogP contribution in [0.4, 0.5) is 0 Å². The normalized spacial score (nSPS) is 18.6. The van der Waals surface area contributed by atoms with Gasteiger partial charge in [0.15, 0.2) is 0 Å². The third kappa shape index (κ3) is 3.66. The summed E-state index contributed by atoms with van der Waals surface area (Å²) in [6.45, 7) is 4.30. The van der Waals surface area contributed by atoms with Gasteiger partial charge in [-0.2, -0.15) is 0 Å². The van der Waals surface area contributed by atoms with Crippen LogP contribution in [0.2, 0.25) is 0 Å². The smallest absolute Gasteiger partial charge is 0.222 e. The SMILES string of the molecule is CC1CCN(C(=O)CCCCO)CC1. The summed E-state index contributed by atoms with van der Waals surface area (Å²) in [5.41, 5.74) is 0. The van der Waals surface area contributed by atoms with Gasteiger partial charge in [0.2, 0.25) is 5.91 Å². The van der Waals surface area contributed by atoms with Gasteiger partial charge in [0.1, 0.15) is 0 Å². The fourth-order valence-electron chi connectivity index (χ4n) is 1.80. The zero-order valence-electron chi connectivity index (χ0n) is 9.04. The van der Waals surface area contributed by atoms with Crippen LogP contribution in [0.25, 0.3) is 0 Å². The Kier molecular flexibility index (Phi) is 4.94. The lowest BCUT2D eigenvalue weighted by Gasteiger charge is -2.30. The first-order valence-corrected chi connectivity index (χ1v) is 5.62. The summed E-state index contributed by atoms with van der Waals surface area (Å²) in [6.07, 6.45) is 4.46. The van der Waals surface area contributed by atoms with Crippen molar-refractivity contribution in [3.63, 3.8) is 0 Å². The molecule has 0 bridgehead atoms. The monoisotopic (exact) mass is 199 g/mol. The molecule has 1 N–H and O–H groups in total. The van der Waals surface area contributed by atoms with Gasteiger partial charge in [0, 0.05) is 26.1 Å². The number of rotatable bonds is 4. The zero-order chi connectivity index (χ0) is 10.4. The molecule has 0 saturated carbocycles. The van der Waals surface area contributed by atoms with Gasteiger partial charge in [0.05, 0.1) is 0 Å². The summed E-state index contributed by atoms with van der Waals surface area (Å²) in [7, 11) is 0. The molecule has 0 radical (unpaired) electrons. The summed E-state index contributed by atoms with van der Waals surface area (Å²) in [4.78, 5) is 13.6. The third-order valence-electron chi connectivity index (χ3n) is 2.94. The van der Waals surface area contributed by atoms with E-state index in [0.717, 1.165) is 44.7 Å². The fraction of sp³-hybridized carbons (Fsp3) is 0.909. The van der Waals surface area contributed by atoms with Crippen LogP contribution < -0.4 is 0 Å². The Morgan fingerprint density at radius 3 is 2.57 bits per heavy atom. The number of likely N-dealkylation sites (tertiary alicyclic amines) is 1. The molecule has 3 heteroatoms. The van der Waals surface area contributed by atoms with Gasteiger partial charge in [-0.25, -0.2) is 0 Å². The van der Waals surface area contributed by atoms with Crippen molar-refractivity contribution in [1.82, 2.24) is 4.90 Å². The van der Waals surface area contributed by atoms with E-state index in [1.807, 2.05) is 4.90 Å². The van der Waals surface area contributed by atoms with Crippen molar-refractivity contribution >= 4 is 5.91 Å². The van der Waals surface area contributed by atoms with Crippen molar-refractivity contribution in [3.8, 4) is 0 Å². The van der Waals surface area contributed by atoms with E-state index in [9.17, 15) is 4.79 Å². The number of hydrogen-bond donors (Lipinski definition) is 1. The second-order valence-electron chi connectivity index (χ2n) is 4.24. The minimum Gasteiger partial charge on any atom is -0.396 e. The molecule has 0 aliphatic carbocycles. The first-order valence-electron chi connectivity index (χ1n) is 5.62. The van der Waals surface area contributed by atoms with Gasteiger partial charge in [-0.1, -0.05) is 6.92 Å². The number of amides is 1. The average Bonchev–Trinajstić information content (AvgIpc) is 2.19. The number of nitrogens with zero attached hydrogens (tertiary/aromatic N) is 1. The highest BCUT2D eigenvalue weighted by Crippen LogP contribution is 2.16. The molecule has 0 aromatic carbocycles. The molecule has 0 aromatic heterocycles. The maximum absolute atomic E-state index is 11.6. The first-order chi connectivity index (χ1) is 6.74. The van der Waals surface area contributed by atoms with Crippen molar-refractivity contribution < 1.29 is 9.90 Å². The molecule has 14 heavy (non-hydrogen) atoms. The molecule has 0 spiro atoms. The molecular weight excluding hydrogens is 178 g/mol. The van der Waals surface area contributed by atoms with Gasteiger partial charge in [-0.3, -0.25) is 4.79 Å². The number of carbonyl (C=O) groups excluding carboxylic acids is 1. The van der Waals surface area contributed by atoms with Gasteiger partial charge in [0.25, 0.3) is 0 Å². The second kappa shape index (κ2) is 6.02. The molecule has 3 nitrogen and oxygen atoms in total. The molecule has 1 saturated heterocycles. The number of piperidine rings is 1. The van der Waals surface area contributed by atoms with Crippen molar-refractivity contribution in [2.24, 2.45) is 5.92 Å². The van der Waals surface area contributed by atoms with E-state index in [-0.39, 0.29) is 12.5 Å². The van der Waals surface area contributed by atoms with Crippen molar-refractivity contribution in [2.45, 2.75) is 39.0 Å². The minimum atomic E-state index is 0.199. The number of hydrogen-bond acceptors (Lipinski definition) is 2. The lowest BCUT2D eigenvalue weighted by molar-refractivity contribution is -0.132. The van der Waals surface area contributed by atoms with Crippen LogP contribution >= 0.6 is 0 Å². The minimum absolute atomic E-state index is 0.199. The molecule has 0 aromatic rings. The lowest BCUT2D eigenvalue weighted by atomic mass is 9.99. The highest BCUT2D eigenvalue weighted by molar-refractivity contribution is 5.76. The summed E-state index contributed by atoms with van der Waals surface area (Å²) in [5.74, 6) is 1.04. The summed E-state index contributed by atoms with van der Waals surface area (Å²) >= 11 is 0. The average molecular weight is 199 g/mol. The summed E-state index contributed by atoms with van der Waals surface area (Å²) < 4.78 is 0. The lowest BCUT2D eigenvalue weighted by Crippen LogP contribution is -2.37. The van der Waals surface area contributed by atoms with Crippen LogP contribution in [0.1, 0.15) is 39.0 Å². The molecule has 1 amide bonds. The molecule has 1 heterocycles. The topological polar surface area (TPSA) is 40.5 Å². The van der Waals surface area contributed by atoms with Gasteiger partial charge >= 0.3 is 0 Å². The van der Waals surface area contributed by atoms with Crippen LogP contribution in [-0.2, 0) is 4.79 Å². The predicted molar refractivity (Wildman–Crippen MR) is 55.9 cm³/mol. The van der Waals surface area contributed by atoms with E-state index in [4.69, 9.17) is 5.11 Å².